The summed E-state index contributed by atoms with van der Waals surface area (Å²) in [5.41, 5.74) is 1.42. The molecule has 0 aliphatic heterocycles. The van der Waals surface area contributed by atoms with Crippen LogP contribution in [0.3, 0.4) is 0 Å². The molecule has 0 saturated heterocycles. The minimum absolute atomic E-state index is 0.467. The normalized spacial score (nSPS) is 13.0. The number of aliphatic hydroxyl groups excluding tert-OH is 1. The van der Waals surface area contributed by atoms with Gasteiger partial charge in [-0.05, 0) is 17.0 Å². The Balaban J connectivity index is 2.24. The lowest BCUT2D eigenvalue weighted by molar-refractivity contribution is -0.125. The van der Waals surface area contributed by atoms with E-state index in [4.69, 9.17) is 9.05 Å². The maximum absolute atomic E-state index is 12.2. The van der Waals surface area contributed by atoms with Gasteiger partial charge in [0.1, 0.15) is 12.3 Å². The first kappa shape index (κ1) is 17.1. The molecule has 22 heavy (non-hydrogen) atoms. The van der Waals surface area contributed by atoms with E-state index < -0.39 is 25.6 Å². The largest absolute Gasteiger partial charge is 0.380 e. The average Bonchev–Trinajstić information content (AvgIpc) is 3.04. The number of aliphatic hydroxyl groups is 1. The highest BCUT2D eigenvalue weighted by atomic mass is 32.1. The summed E-state index contributed by atoms with van der Waals surface area (Å²) in [6.45, 7) is 0. The number of hydrogen-bond donors (Lipinski definition) is 1. The van der Waals surface area contributed by atoms with Gasteiger partial charge in [0.15, 0.2) is 5.78 Å². The van der Waals surface area contributed by atoms with Gasteiger partial charge in [0, 0.05) is 24.7 Å². The SMILES string of the molecule is COP(=O)(CC(=O)C(O)c1ccsc1-c1ccccc1)OC. The van der Waals surface area contributed by atoms with Crippen LogP contribution in [0.1, 0.15) is 11.7 Å². The van der Waals surface area contributed by atoms with Crippen molar-refractivity contribution in [1.82, 2.24) is 0 Å². The fourth-order valence-electron chi connectivity index (χ4n) is 2.01. The number of Topliss-reactive ketones (excluding diaryl/α,β-unsaturated/α-hetero) is 1. The van der Waals surface area contributed by atoms with E-state index in [0.717, 1.165) is 10.4 Å². The highest BCUT2D eigenvalue weighted by Gasteiger charge is 2.31. The van der Waals surface area contributed by atoms with Gasteiger partial charge in [-0.2, -0.15) is 0 Å². The molecule has 0 radical (unpaired) electrons. The van der Waals surface area contributed by atoms with E-state index in [-0.39, 0.29) is 0 Å². The van der Waals surface area contributed by atoms with Crippen LogP contribution in [0.15, 0.2) is 41.8 Å². The van der Waals surface area contributed by atoms with Crippen molar-refractivity contribution >= 4 is 24.7 Å². The Labute approximate surface area is 133 Å². The summed E-state index contributed by atoms with van der Waals surface area (Å²) >= 11 is 1.43. The van der Waals surface area contributed by atoms with Crippen LogP contribution in [0, 0.1) is 0 Å². The molecule has 0 aliphatic carbocycles. The number of carbonyl (C=O) groups is 1. The summed E-state index contributed by atoms with van der Waals surface area (Å²) in [5.74, 6) is -0.595. The molecule has 7 heteroatoms. The molecule has 2 aromatic rings. The van der Waals surface area contributed by atoms with E-state index in [1.54, 1.807) is 11.4 Å². The monoisotopic (exact) mass is 340 g/mol. The Kier molecular flexibility index (Phi) is 5.67. The zero-order valence-electron chi connectivity index (χ0n) is 12.3. The second kappa shape index (κ2) is 7.31. The van der Waals surface area contributed by atoms with Crippen LogP contribution in [0.25, 0.3) is 10.4 Å². The van der Waals surface area contributed by atoms with Crippen molar-refractivity contribution in [2.24, 2.45) is 0 Å². The van der Waals surface area contributed by atoms with Crippen molar-refractivity contribution in [3.63, 3.8) is 0 Å². The zero-order chi connectivity index (χ0) is 16.2. The Morgan fingerprint density at radius 1 is 1.23 bits per heavy atom. The topological polar surface area (TPSA) is 72.8 Å². The molecule has 0 saturated carbocycles. The molecule has 0 bridgehead atoms. The number of thiophene rings is 1. The molecular formula is C15H17O5PS. The quantitative estimate of drug-likeness (QED) is 0.781. The first-order valence-corrected chi connectivity index (χ1v) is 9.15. The predicted octanol–water partition coefficient (Wildman–Crippen LogP) is 3.50. The second-order valence-corrected chi connectivity index (χ2v) is 7.76. The van der Waals surface area contributed by atoms with Crippen LogP contribution < -0.4 is 0 Å². The first-order valence-electron chi connectivity index (χ1n) is 6.55. The van der Waals surface area contributed by atoms with Crippen molar-refractivity contribution in [1.29, 1.82) is 0 Å². The third-order valence-electron chi connectivity index (χ3n) is 3.24. The van der Waals surface area contributed by atoms with E-state index in [2.05, 4.69) is 0 Å². The number of rotatable bonds is 7. The molecule has 1 atom stereocenters. The van der Waals surface area contributed by atoms with Crippen molar-refractivity contribution in [3.05, 3.63) is 47.3 Å². The summed E-state index contributed by atoms with van der Waals surface area (Å²) in [6, 6.07) is 11.2. The van der Waals surface area contributed by atoms with Crippen LogP contribution in [-0.2, 0) is 18.4 Å². The Morgan fingerprint density at radius 3 is 2.45 bits per heavy atom. The van der Waals surface area contributed by atoms with Gasteiger partial charge in [-0.25, -0.2) is 0 Å². The molecule has 2 rings (SSSR count). The maximum atomic E-state index is 12.2. The molecule has 118 valence electrons. The van der Waals surface area contributed by atoms with E-state index >= 15 is 0 Å². The summed E-state index contributed by atoms with van der Waals surface area (Å²) in [5, 5.41) is 12.1. The van der Waals surface area contributed by atoms with Crippen molar-refractivity contribution < 1.29 is 23.5 Å². The Hall–Kier alpha value is -1.30. The van der Waals surface area contributed by atoms with Gasteiger partial charge in [0.2, 0.25) is 0 Å². The van der Waals surface area contributed by atoms with E-state index in [0.29, 0.717) is 5.56 Å². The molecule has 0 aliphatic rings. The third kappa shape index (κ3) is 3.72. The molecular weight excluding hydrogens is 323 g/mol. The van der Waals surface area contributed by atoms with E-state index in [9.17, 15) is 14.5 Å². The van der Waals surface area contributed by atoms with Crippen LogP contribution in [0.4, 0.5) is 0 Å². The highest BCUT2D eigenvalue weighted by molar-refractivity contribution is 7.54. The van der Waals surface area contributed by atoms with Crippen LogP contribution in [0.2, 0.25) is 0 Å². The molecule has 1 unspecified atom stereocenters. The van der Waals surface area contributed by atoms with Crippen LogP contribution >= 0.6 is 18.9 Å². The number of carbonyl (C=O) groups excluding carboxylic acids is 1. The lowest BCUT2D eigenvalue weighted by atomic mass is 10.0. The van der Waals surface area contributed by atoms with Crippen molar-refractivity contribution in [2.75, 3.05) is 20.4 Å². The zero-order valence-corrected chi connectivity index (χ0v) is 14.0. The molecule has 1 aromatic heterocycles. The standard InChI is InChI=1S/C15H17O5PS/c1-19-21(18,20-2)10-13(16)14(17)12-8-9-22-15(12)11-6-4-3-5-7-11/h3-9,14,17H,10H2,1-2H3. The molecule has 1 N–H and O–H groups in total. The van der Waals surface area contributed by atoms with E-state index in [1.165, 1.54) is 25.6 Å². The van der Waals surface area contributed by atoms with Crippen LogP contribution in [-0.4, -0.2) is 31.3 Å². The maximum Gasteiger partial charge on any atom is 0.337 e. The lowest BCUT2D eigenvalue weighted by Crippen LogP contribution is -2.17. The van der Waals surface area contributed by atoms with Gasteiger partial charge in [-0.15, -0.1) is 11.3 Å². The molecule has 0 amide bonds. The fourth-order valence-corrected chi connectivity index (χ4v) is 3.91. The highest BCUT2D eigenvalue weighted by Crippen LogP contribution is 2.47. The molecule has 0 spiro atoms. The van der Waals surface area contributed by atoms with Crippen molar-refractivity contribution in [3.8, 4) is 10.4 Å². The number of benzene rings is 1. The summed E-state index contributed by atoms with van der Waals surface area (Å²) < 4.78 is 21.5. The number of hydrogen-bond acceptors (Lipinski definition) is 6. The number of ketones is 1. The van der Waals surface area contributed by atoms with Gasteiger partial charge >= 0.3 is 7.60 Å². The Morgan fingerprint density at radius 2 is 1.86 bits per heavy atom. The minimum atomic E-state index is -3.49. The third-order valence-corrected chi connectivity index (χ3v) is 6.03. The van der Waals surface area contributed by atoms with Gasteiger partial charge in [-0.1, -0.05) is 30.3 Å². The summed E-state index contributed by atoms with van der Waals surface area (Å²) in [6.07, 6.45) is -1.83. The fraction of sp³-hybridized carbons (Fsp3) is 0.267. The predicted molar refractivity (Wildman–Crippen MR) is 86.2 cm³/mol. The second-order valence-electron chi connectivity index (χ2n) is 4.57. The summed E-state index contributed by atoms with van der Waals surface area (Å²) in [7, 11) is -1.06. The smallest absolute Gasteiger partial charge is 0.337 e. The summed E-state index contributed by atoms with van der Waals surface area (Å²) in [4.78, 5) is 13.0. The van der Waals surface area contributed by atoms with Gasteiger partial charge in [0.25, 0.3) is 0 Å². The minimum Gasteiger partial charge on any atom is -0.380 e. The molecule has 1 heterocycles. The first-order chi connectivity index (χ1) is 10.5. The molecule has 1 aromatic carbocycles. The Bertz CT molecular complexity index is 674. The van der Waals surface area contributed by atoms with Crippen molar-refractivity contribution in [2.45, 2.75) is 6.10 Å². The van der Waals surface area contributed by atoms with Gasteiger partial charge < -0.3 is 14.2 Å². The van der Waals surface area contributed by atoms with E-state index in [1.807, 2.05) is 30.3 Å². The van der Waals surface area contributed by atoms with Gasteiger partial charge in [-0.3, -0.25) is 9.36 Å². The average molecular weight is 340 g/mol. The molecule has 5 nitrogen and oxygen atoms in total. The van der Waals surface area contributed by atoms with Crippen LogP contribution in [0.5, 0.6) is 0 Å². The van der Waals surface area contributed by atoms with Gasteiger partial charge in [0.05, 0.1) is 0 Å². The molecule has 0 fully saturated rings. The lowest BCUT2D eigenvalue weighted by Gasteiger charge is -2.16.